The maximum atomic E-state index is 13.4. The quantitative estimate of drug-likeness (QED) is 0.246. The Hall–Kier alpha value is -3.06. The van der Waals surface area contributed by atoms with Crippen LogP contribution in [0.15, 0.2) is 18.2 Å². The number of carbonyl (C=O) groups excluding carboxylic acids is 2. The van der Waals surface area contributed by atoms with Crippen LogP contribution < -0.4 is 5.73 Å². The van der Waals surface area contributed by atoms with E-state index in [1.807, 2.05) is 0 Å². The van der Waals surface area contributed by atoms with Crippen LogP contribution in [0.4, 0.5) is 0 Å². The van der Waals surface area contributed by atoms with E-state index in [4.69, 9.17) is 15.2 Å². The number of aliphatic hydroxyl groups excluding tert-OH is 2. The summed E-state index contributed by atoms with van der Waals surface area (Å²) in [5.74, 6) is -3.69. The van der Waals surface area contributed by atoms with Crippen LogP contribution in [0.3, 0.4) is 0 Å². The first-order valence-corrected chi connectivity index (χ1v) is 12.1. The Kier molecular flexibility index (Phi) is 6.06. The van der Waals surface area contributed by atoms with E-state index in [0.29, 0.717) is 0 Å². The molecule has 0 aromatic heterocycles. The van der Waals surface area contributed by atoms with Gasteiger partial charge in [0, 0.05) is 35.6 Å². The van der Waals surface area contributed by atoms with Crippen molar-refractivity contribution in [3.8, 4) is 17.2 Å². The van der Waals surface area contributed by atoms with E-state index in [1.165, 1.54) is 18.2 Å². The molecule has 11 heteroatoms. The standard InChI is InChI=1S/C26H29NO10/c1-3-26(35)8-13(37-14-7-11(27)20(29)9(2)36-14)16-19(25(26)34)24(33)17-18(23(16)32)22(31)15-10(21(17)30)5-4-6-12(15)28/h4-6,9,11,13-14,20,25,28-29,32-35H,3,7-8,27H2,1-2H3/t9-,11-,13-,14-,20+,25+,26+/m0/s1. The van der Waals surface area contributed by atoms with E-state index >= 15 is 0 Å². The minimum absolute atomic E-state index is 0.0223. The number of hydrogen-bond acceptors (Lipinski definition) is 11. The molecule has 198 valence electrons. The second-order valence-electron chi connectivity index (χ2n) is 9.98. The molecule has 2 aromatic carbocycles. The zero-order valence-corrected chi connectivity index (χ0v) is 20.2. The van der Waals surface area contributed by atoms with Gasteiger partial charge in [0.2, 0.25) is 5.78 Å². The monoisotopic (exact) mass is 515 g/mol. The summed E-state index contributed by atoms with van der Waals surface area (Å²) in [7, 11) is 0. The molecule has 1 saturated heterocycles. The van der Waals surface area contributed by atoms with Gasteiger partial charge in [-0.3, -0.25) is 9.59 Å². The third-order valence-corrected chi connectivity index (χ3v) is 7.81. The number of hydrogen-bond donors (Lipinski definition) is 7. The highest BCUT2D eigenvalue weighted by molar-refractivity contribution is 6.31. The maximum absolute atomic E-state index is 13.4. The summed E-state index contributed by atoms with van der Waals surface area (Å²) < 4.78 is 11.8. The molecule has 0 radical (unpaired) electrons. The minimum Gasteiger partial charge on any atom is -0.507 e. The first-order valence-electron chi connectivity index (χ1n) is 12.1. The van der Waals surface area contributed by atoms with Gasteiger partial charge in [-0.1, -0.05) is 19.1 Å². The second kappa shape index (κ2) is 8.76. The summed E-state index contributed by atoms with van der Waals surface area (Å²) in [5.41, 5.74) is 2.09. The molecule has 1 aliphatic heterocycles. The lowest BCUT2D eigenvalue weighted by atomic mass is 9.70. The smallest absolute Gasteiger partial charge is 0.202 e. The van der Waals surface area contributed by atoms with Crippen LogP contribution in [0.1, 0.15) is 88.3 Å². The van der Waals surface area contributed by atoms with Crippen LogP contribution in [0.25, 0.3) is 0 Å². The average molecular weight is 516 g/mol. The van der Waals surface area contributed by atoms with Gasteiger partial charge in [0.25, 0.3) is 0 Å². The average Bonchev–Trinajstić information content (AvgIpc) is 2.85. The minimum atomic E-state index is -1.82. The van der Waals surface area contributed by atoms with E-state index in [0.717, 1.165) is 0 Å². The normalized spacial score (nSPS) is 33.0. The number of phenols is 3. The van der Waals surface area contributed by atoms with Crippen molar-refractivity contribution in [1.29, 1.82) is 0 Å². The number of ketones is 2. The first kappa shape index (κ1) is 25.6. The van der Waals surface area contributed by atoms with Crippen LogP contribution in [-0.2, 0) is 9.47 Å². The van der Waals surface area contributed by atoms with E-state index in [2.05, 4.69) is 0 Å². The molecule has 8 N–H and O–H groups in total. The molecule has 0 unspecified atom stereocenters. The van der Waals surface area contributed by atoms with Gasteiger partial charge in [-0.25, -0.2) is 0 Å². The van der Waals surface area contributed by atoms with Crippen molar-refractivity contribution >= 4 is 11.6 Å². The first-order chi connectivity index (χ1) is 17.4. The fourth-order valence-corrected chi connectivity index (χ4v) is 5.65. The Morgan fingerprint density at radius 2 is 1.70 bits per heavy atom. The van der Waals surface area contributed by atoms with Crippen molar-refractivity contribution in [2.24, 2.45) is 5.73 Å². The SMILES string of the molecule is CC[C@@]1(O)C[C@H](O[C@H]2C[C@H](N)[C@H](O)[C@H](C)O2)c2c(O)c3c(c(O)c2[C@H]1O)C(=O)c1cccc(O)c1C3=O. The van der Waals surface area contributed by atoms with Crippen molar-refractivity contribution in [3.05, 3.63) is 51.6 Å². The van der Waals surface area contributed by atoms with Gasteiger partial charge >= 0.3 is 0 Å². The molecule has 37 heavy (non-hydrogen) atoms. The zero-order valence-electron chi connectivity index (χ0n) is 20.2. The highest BCUT2D eigenvalue weighted by Gasteiger charge is 2.51. The summed E-state index contributed by atoms with van der Waals surface area (Å²) in [5, 5.41) is 65.4. The van der Waals surface area contributed by atoms with Gasteiger partial charge in [0.1, 0.15) is 23.4 Å². The Bertz CT molecular complexity index is 1300. The molecular weight excluding hydrogens is 486 g/mol. The maximum Gasteiger partial charge on any atom is 0.202 e. The molecule has 0 amide bonds. The summed E-state index contributed by atoms with van der Waals surface area (Å²) in [6, 6.07) is 3.20. The predicted octanol–water partition coefficient (Wildman–Crippen LogP) is 1.04. The number of rotatable bonds is 3. The largest absolute Gasteiger partial charge is 0.507 e. The number of fused-ring (bicyclic) bond motifs is 3. The molecule has 0 bridgehead atoms. The molecule has 11 nitrogen and oxygen atoms in total. The highest BCUT2D eigenvalue weighted by Crippen LogP contribution is 2.56. The molecule has 1 fully saturated rings. The third kappa shape index (κ3) is 3.65. The predicted molar refractivity (Wildman–Crippen MR) is 126 cm³/mol. The lowest BCUT2D eigenvalue weighted by Gasteiger charge is -2.44. The topological polar surface area (TPSA) is 200 Å². The third-order valence-electron chi connectivity index (χ3n) is 7.81. The zero-order chi connectivity index (χ0) is 27.0. The van der Waals surface area contributed by atoms with Gasteiger partial charge in [0.15, 0.2) is 12.1 Å². The fourth-order valence-electron chi connectivity index (χ4n) is 5.65. The number of benzene rings is 2. The van der Waals surface area contributed by atoms with Crippen LogP contribution in [0, 0.1) is 0 Å². The van der Waals surface area contributed by atoms with Crippen LogP contribution in [0.5, 0.6) is 17.2 Å². The van der Waals surface area contributed by atoms with Crippen molar-refractivity contribution in [3.63, 3.8) is 0 Å². The molecule has 2 aromatic rings. The van der Waals surface area contributed by atoms with Gasteiger partial charge in [-0.2, -0.15) is 0 Å². The van der Waals surface area contributed by atoms with E-state index < -0.39 is 82.3 Å². The fraction of sp³-hybridized carbons (Fsp3) is 0.462. The van der Waals surface area contributed by atoms with E-state index in [1.54, 1.807) is 13.8 Å². The Morgan fingerprint density at radius 3 is 2.35 bits per heavy atom. The van der Waals surface area contributed by atoms with Gasteiger partial charge in [-0.05, 0) is 19.4 Å². The Morgan fingerprint density at radius 1 is 1.05 bits per heavy atom. The van der Waals surface area contributed by atoms with Crippen LogP contribution in [-0.4, -0.2) is 72.3 Å². The summed E-state index contributed by atoms with van der Waals surface area (Å²) >= 11 is 0. The number of aliphatic hydroxyl groups is 3. The molecule has 2 aliphatic carbocycles. The van der Waals surface area contributed by atoms with Gasteiger partial charge in [0.05, 0.1) is 40.6 Å². The van der Waals surface area contributed by atoms with Crippen molar-refractivity contribution < 1.29 is 49.7 Å². The van der Waals surface area contributed by atoms with E-state index in [-0.39, 0.29) is 41.5 Å². The van der Waals surface area contributed by atoms with Crippen LogP contribution in [0.2, 0.25) is 0 Å². The Balaban J connectivity index is 1.69. The summed E-state index contributed by atoms with van der Waals surface area (Å²) in [4.78, 5) is 26.7. The molecular formula is C26H29NO10. The molecule has 0 saturated carbocycles. The van der Waals surface area contributed by atoms with Crippen LogP contribution >= 0.6 is 0 Å². The lowest BCUT2D eigenvalue weighted by Crippen LogP contribution is -2.52. The highest BCUT2D eigenvalue weighted by atomic mass is 16.7. The number of phenolic OH excluding ortho intramolecular Hbond substituents is 3. The second-order valence-corrected chi connectivity index (χ2v) is 9.98. The van der Waals surface area contributed by atoms with Crippen molar-refractivity contribution in [2.75, 3.05) is 0 Å². The molecule has 3 aliphatic rings. The summed E-state index contributed by atoms with van der Waals surface area (Å²) in [6.07, 6.45) is -5.69. The number of aromatic hydroxyl groups is 3. The molecule has 0 spiro atoms. The van der Waals surface area contributed by atoms with Gasteiger partial charge < -0.3 is 45.8 Å². The van der Waals surface area contributed by atoms with Crippen molar-refractivity contribution in [1.82, 2.24) is 0 Å². The number of carbonyl (C=O) groups is 2. The number of ether oxygens (including phenoxy) is 2. The molecule has 1 heterocycles. The lowest BCUT2D eigenvalue weighted by molar-refractivity contribution is -0.252. The Labute approximate surface area is 211 Å². The molecule has 5 rings (SSSR count). The van der Waals surface area contributed by atoms with Crippen molar-refractivity contribution in [2.45, 2.75) is 75.5 Å². The van der Waals surface area contributed by atoms with E-state index in [9.17, 15) is 40.2 Å². The van der Waals surface area contributed by atoms with Gasteiger partial charge in [-0.15, -0.1) is 0 Å². The summed E-state index contributed by atoms with van der Waals surface area (Å²) in [6.45, 7) is 3.22. The molecule has 7 atom stereocenters. The number of nitrogens with two attached hydrogens (primary N) is 1.